The molecule has 0 aliphatic rings. The predicted molar refractivity (Wildman–Crippen MR) is 111 cm³/mol. The van der Waals surface area contributed by atoms with Gasteiger partial charge in [0.25, 0.3) is 0 Å². The summed E-state index contributed by atoms with van der Waals surface area (Å²) in [5, 5.41) is 23.7. The molecule has 0 spiro atoms. The number of ketones is 1. The molecule has 0 bridgehead atoms. The third-order valence-corrected chi connectivity index (χ3v) is 5.23. The van der Waals surface area contributed by atoms with Crippen molar-refractivity contribution in [3.05, 3.63) is 119 Å². The number of aryl methyl sites for hydroxylation is 2. The highest BCUT2D eigenvalue weighted by atomic mass is 16.4. The molecule has 2 aromatic heterocycles. The van der Waals surface area contributed by atoms with Crippen LogP contribution in [0.1, 0.15) is 34.2 Å². The van der Waals surface area contributed by atoms with Crippen molar-refractivity contribution < 1.29 is 23.8 Å². The molecule has 0 amide bonds. The average Bonchev–Trinajstić information content (AvgIpc) is 3.42. The van der Waals surface area contributed by atoms with Gasteiger partial charge in [0.2, 0.25) is 17.0 Å². The van der Waals surface area contributed by atoms with Gasteiger partial charge < -0.3 is 19.0 Å². The second kappa shape index (κ2) is 7.44. The van der Waals surface area contributed by atoms with Gasteiger partial charge in [-0.25, -0.2) is 0 Å². The molecule has 0 saturated carbocycles. The van der Waals surface area contributed by atoms with Crippen LogP contribution in [0.5, 0.6) is 0 Å². The molecule has 2 unspecified atom stereocenters. The quantitative estimate of drug-likeness (QED) is 0.504. The van der Waals surface area contributed by atoms with E-state index in [9.17, 15) is 15.0 Å². The Morgan fingerprint density at radius 1 is 0.633 bits per heavy atom. The molecule has 0 aliphatic carbocycles. The van der Waals surface area contributed by atoms with Gasteiger partial charge in [-0.3, -0.25) is 4.79 Å². The van der Waals surface area contributed by atoms with Crippen LogP contribution in [0.3, 0.4) is 0 Å². The highest BCUT2D eigenvalue weighted by Crippen LogP contribution is 2.42. The van der Waals surface area contributed by atoms with Gasteiger partial charge in [-0.05, 0) is 49.2 Å². The second-order valence-electron chi connectivity index (χ2n) is 7.30. The molecule has 30 heavy (non-hydrogen) atoms. The predicted octanol–water partition coefficient (Wildman–Crippen LogP) is 4.23. The van der Waals surface area contributed by atoms with Gasteiger partial charge in [0.15, 0.2) is 0 Å². The van der Waals surface area contributed by atoms with Crippen molar-refractivity contribution in [2.75, 3.05) is 0 Å². The van der Waals surface area contributed by atoms with Crippen molar-refractivity contribution in [1.82, 2.24) is 0 Å². The smallest absolute Gasteiger partial charge is 0.220 e. The van der Waals surface area contributed by atoms with Crippen LogP contribution in [0.4, 0.5) is 0 Å². The van der Waals surface area contributed by atoms with Crippen LogP contribution in [0.2, 0.25) is 0 Å². The maximum atomic E-state index is 14.1. The topological polar surface area (TPSA) is 83.8 Å². The minimum Gasteiger partial charge on any atom is -0.462 e. The van der Waals surface area contributed by atoms with E-state index in [1.54, 1.807) is 98.8 Å². The third-order valence-electron chi connectivity index (χ3n) is 5.23. The fourth-order valence-electron chi connectivity index (χ4n) is 3.65. The van der Waals surface area contributed by atoms with E-state index >= 15 is 0 Å². The Balaban J connectivity index is 1.98. The van der Waals surface area contributed by atoms with Crippen molar-refractivity contribution in [2.45, 2.75) is 25.0 Å². The minimum absolute atomic E-state index is 0.0221. The van der Waals surface area contributed by atoms with Crippen molar-refractivity contribution in [3.63, 3.8) is 0 Å². The summed E-state index contributed by atoms with van der Waals surface area (Å²) in [4.78, 5) is 14.1. The first kappa shape index (κ1) is 19.9. The van der Waals surface area contributed by atoms with Crippen molar-refractivity contribution in [3.8, 4) is 0 Å². The molecule has 0 saturated heterocycles. The highest BCUT2D eigenvalue weighted by Gasteiger charge is 2.56. The summed E-state index contributed by atoms with van der Waals surface area (Å²) in [7, 11) is 0. The van der Waals surface area contributed by atoms with E-state index in [1.807, 2.05) is 0 Å². The Bertz CT molecular complexity index is 1070. The Kier molecular flexibility index (Phi) is 4.94. The summed E-state index contributed by atoms with van der Waals surface area (Å²) in [5.41, 5.74) is -3.94. The van der Waals surface area contributed by atoms with Gasteiger partial charge >= 0.3 is 0 Å². The average molecular weight is 402 g/mol. The van der Waals surface area contributed by atoms with E-state index in [-0.39, 0.29) is 22.6 Å². The standard InChI is InChI=1S/C25H22O5/c1-17-13-15-21(29-17)24(27,19-9-5-3-6-10-19)23(26)25(28,20-11-7-4-8-12-20)22-16-14-18(2)30-22/h3-16,27-28H,1-2H3. The van der Waals surface area contributed by atoms with E-state index in [4.69, 9.17) is 8.83 Å². The SMILES string of the molecule is Cc1ccc(C(O)(C(=O)C(O)(c2ccccc2)c2ccc(C)o2)c2ccccc2)o1. The van der Waals surface area contributed by atoms with Crippen LogP contribution in [-0.4, -0.2) is 16.0 Å². The van der Waals surface area contributed by atoms with E-state index in [2.05, 4.69) is 0 Å². The van der Waals surface area contributed by atoms with Crippen LogP contribution in [-0.2, 0) is 16.0 Å². The first-order chi connectivity index (χ1) is 14.4. The molecule has 0 radical (unpaired) electrons. The van der Waals surface area contributed by atoms with Crippen LogP contribution >= 0.6 is 0 Å². The normalized spacial score (nSPS) is 15.3. The summed E-state index contributed by atoms with van der Waals surface area (Å²) < 4.78 is 11.4. The maximum Gasteiger partial charge on any atom is 0.220 e. The van der Waals surface area contributed by atoms with Gasteiger partial charge in [0, 0.05) is 0 Å². The van der Waals surface area contributed by atoms with E-state index in [0.717, 1.165) is 0 Å². The van der Waals surface area contributed by atoms with Crippen LogP contribution < -0.4 is 0 Å². The van der Waals surface area contributed by atoms with E-state index in [0.29, 0.717) is 11.5 Å². The van der Waals surface area contributed by atoms with E-state index < -0.39 is 17.0 Å². The molecule has 4 rings (SSSR count). The lowest BCUT2D eigenvalue weighted by atomic mass is 9.75. The Hall–Kier alpha value is -3.41. The molecule has 2 atom stereocenters. The molecule has 2 heterocycles. The first-order valence-electron chi connectivity index (χ1n) is 9.61. The molecule has 0 aliphatic heterocycles. The molecule has 5 nitrogen and oxygen atoms in total. The molecule has 2 N–H and O–H groups in total. The number of benzene rings is 2. The van der Waals surface area contributed by atoms with Gasteiger partial charge in [-0.2, -0.15) is 0 Å². The van der Waals surface area contributed by atoms with Gasteiger partial charge in [0.1, 0.15) is 23.0 Å². The Morgan fingerprint density at radius 3 is 1.30 bits per heavy atom. The first-order valence-corrected chi connectivity index (χ1v) is 9.61. The number of rotatable bonds is 6. The lowest BCUT2D eigenvalue weighted by molar-refractivity contribution is -0.154. The van der Waals surface area contributed by atoms with Crippen molar-refractivity contribution >= 4 is 5.78 Å². The van der Waals surface area contributed by atoms with Crippen LogP contribution in [0.15, 0.2) is 93.8 Å². The fraction of sp³-hybridized carbons (Fsp3) is 0.160. The van der Waals surface area contributed by atoms with Crippen LogP contribution in [0, 0.1) is 13.8 Å². The summed E-state index contributed by atoms with van der Waals surface area (Å²) in [6, 6.07) is 23.3. The van der Waals surface area contributed by atoms with Crippen molar-refractivity contribution in [2.24, 2.45) is 0 Å². The van der Waals surface area contributed by atoms with Gasteiger partial charge in [0.05, 0.1) is 0 Å². The minimum atomic E-state index is -2.25. The summed E-state index contributed by atoms with van der Waals surface area (Å²) in [5.74, 6) is 0.215. The molecular formula is C25H22O5. The second-order valence-corrected chi connectivity index (χ2v) is 7.30. The van der Waals surface area contributed by atoms with Gasteiger partial charge in [-0.1, -0.05) is 60.7 Å². The number of aliphatic hydroxyl groups is 2. The van der Waals surface area contributed by atoms with Crippen molar-refractivity contribution in [1.29, 1.82) is 0 Å². The Labute approximate surface area is 174 Å². The Morgan fingerprint density at radius 2 is 1.00 bits per heavy atom. The summed E-state index contributed by atoms with van der Waals surface area (Å²) >= 11 is 0. The number of hydrogen-bond donors (Lipinski definition) is 2. The summed E-state index contributed by atoms with van der Waals surface area (Å²) in [6.45, 7) is 3.44. The largest absolute Gasteiger partial charge is 0.462 e. The third kappa shape index (κ3) is 3.09. The molecule has 0 fully saturated rings. The zero-order valence-electron chi connectivity index (χ0n) is 16.7. The fourth-order valence-corrected chi connectivity index (χ4v) is 3.65. The number of carbonyl (C=O) groups is 1. The molecule has 152 valence electrons. The number of Topliss-reactive ketones (excluding diaryl/α,β-unsaturated/α-hetero) is 1. The lowest BCUT2D eigenvalue weighted by Crippen LogP contribution is -2.50. The summed E-state index contributed by atoms with van der Waals surface area (Å²) in [6.07, 6.45) is 0. The molecule has 5 heteroatoms. The molecule has 4 aromatic rings. The molecular weight excluding hydrogens is 380 g/mol. The number of hydrogen-bond acceptors (Lipinski definition) is 5. The van der Waals surface area contributed by atoms with Crippen LogP contribution in [0.25, 0.3) is 0 Å². The number of carbonyl (C=O) groups excluding carboxylic acids is 1. The monoisotopic (exact) mass is 402 g/mol. The zero-order chi connectivity index (χ0) is 21.4. The number of furan rings is 2. The molecule has 2 aromatic carbocycles. The highest BCUT2D eigenvalue weighted by molar-refractivity contribution is 6.00. The lowest BCUT2D eigenvalue weighted by Gasteiger charge is -2.34. The van der Waals surface area contributed by atoms with E-state index in [1.165, 1.54) is 0 Å². The zero-order valence-corrected chi connectivity index (χ0v) is 16.7. The van der Waals surface area contributed by atoms with Gasteiger partial charge in [-0.15, -0.1) is 0 Å². The maximum absolute atomic E-state index is 14.1.